The van der Waals surface area contributed by atoms with Crippen molar-refractivity contribution in [2.45, 2.75) is 38.4 Å². The predicted molar refractivity (Wildman–Crippen MR) is 86.8 cm³/mol. The Morgan fingerprint density at radius 2 is 2.08 bits per heavy atom. The first-order valence-corrected chi connectivity index (χ1v) is 8.05. The summed E-state index contributed by atoms with van der Waals surface area (Å²) in [7, 11) is 0. The first-order valence-electron chi connectivity index (χ1n) is 7.26. The fraction of sp³-hybridized carbons (Fsp3) is 0.400. The smallest absolute Gasteiger partial charge is 0.451 e. The number of rotatable bonds is 6. The standard InChI is InChI=1S/C15H15BrF3N3O2/c1-2-3-4-11(13(23)24)20-12-9-7-8(16)5-6-10(9)21-14(22-12)15(17,18)19/h5-7,11H,2-4H2,1H3,(H,23,24)(H,20,21,22). The van der Waals surface area contributed by atoms with Crippen LogP contribution in [-0.4, -0.2) is 27.1 Å². The van der Waals surface area contributed by atoms with Crippen LogP contribution in [0.3, 0.4) is 0 Å². The monoisotopic (exact) mass is 405 g/mol. The number of nitrogens with zero attached hydrogens (tertiary/aromatic N) is 2. The molecule has 0 amide bonds. The lowest BCUT2D eigenvalue weighted by Crippen LogP contribution is -2.30. The fourth-order valence-corrected chi connectivity index (χ4v) is 2.53. The SMILES string of the molecule is CCCCC(Nc1nc(C(F)(F)F)nc2ccc(Br)cc12)C(=O)O. The summed E-state index contributed by atoms with van der Waals surface area (Å²) < 4.78 is 39.6. The molecule has 0 saturated carbocycles. The molecule has 0 radical (unpaired) electrons. The Morgan fingerprint density at radius 3 is 2.67 bits per heavy atom. The molecule has 2 rings (SSSR count). The van der Waals surface area contributed by atoms with Crippen molar-refractivity contribution < 1.29 is 23.1 Å². The number of fused-ring (bicyclic) bond motifs is 1. The average Bonchev–Trinajstić information content (AvgIpc) is 2.50. The van der Waals surface area contributed by atoms with E-state index in [9.17, 15) is 23.1 Å². The van der Waals surface area contributed by atoms with Crippen molar-refractivity contribution >= 4 is 38.6 Å². The average molecular weight is 406 g/mol. The number of carboxylic acids is 1. The van der Waals surface area contributed by atoms with Crippen molar-refractivity contribution in [3.8, 4) is 0 Å². The number of hydrogen-bond donors (Lipinski definition) is 2. The van der Waals surface area contributed by atoms with E-state index in [2.05, 4.69) is 31.2 Å². The summed E-state index contributed by atoms with van der Waals surface area (Å²) in [6.07, 6.45) is -3.04. The van der Waals surface area contributed by atoms with Gasteiger partial charge in [0.15, 0.2) is 0 Å². The van der Waals surface area contributed by atoms with E-state index < -0.39 is 24.0 Å². The van der Waals surface area contributed by atoms with Crippen LogP contribution in [0.4, 0.5) is 19.0 Å². The Hall–Kier alpha value is -1.90. The number of nitrogens with one attached hydrogen (secondary N) is 1. The van der Waals surface area contributed by atoms with Gasteiger partial charge in [0.1, 0.15) is 11.9 Å². The van der Waals surface area contributed by atoms with E-state index in [1.807, 2.05) is 6.92 Å². The summed E-state index contributed by atoms with van der Waals surface area (Å²) in [6.45, 7) is 1.90. The molecular formula is C15H15BrF3N3O2. The Balaban J connectivity index is 2.52. The summed E-state index contributed by atoms with van der Waals surface area (Å²) in [5.41, 5.74) is 0.0858. The lowest BCUT2D eigenvalue weighted by molar-refractivity contribution is -0.144. The Labute approximate surface area is 144 Å². The summed E-state index contributed by atoms with van der Waals surface area (Å²) in [4.78, 5) is 18.4. The van der Waals surface area contributed by atoms with Crippen molar-refractivity contribution in [1.82, 2.24) is 9.97 Å². The lowest BCUT2D eigenvalue weighted by Gasteiger charge is -2.17. The van der Waals surface area contributed by atoms with Gasteiger partial charge in [-0.25, -0.2) is 14.8 Å². The topological polar surface area (TPSA) is 75.1 Å². The van der Waals surface area contributed by atoms with Gasteiger partial charge in [0, 0.05) is 9.86 Å². The third-order valence-corrected chi connectivity index (χ3v) is 3.86. The molecule has 1 aromatic carbocycles. The highest BCUT2D eigenvalue weighted by molar-refractivity contribution is 9.10. The highest BCUT2D eigenvalue weighted by Gasteiger charge is 2.36. The van der Waals surface area contributed by atoms with Crippen molar-refractivity contribution in [1.29, 1.82) is 0 Å². The van der Waals surface area contributed by atoms with Crippen LogP contribution in [0.2, 0.25) is 0 Å². The van der Waals surface area contributed by atoms with E-state index in [1.165, 1.54) is 6.07 Å². The largest absolute Gasteiger partial charge is 0.480 e. The highest BCUT2D eigenvalue weighted by atomic mass is 79.9. The van der Waals surface area contributed by atoms with Gasteiger partial charge in [0.05, 0.1) is 5.52 Å². The van der Waals surface area contributed by atoms with E-state index in [-0.39, 0.29) is 17.8 Å². The molecule has 5 nitrogen and oxygen atoms in total. The molecule has 0 aliphatic rings. The van der Waals surface area contributed by atoms with Gasteiger partial charge in [-0.15, -0.1) is 0 Å². The molecule has 0 fully saturated rings. The van der Waals surface area contributed by atoms with E-state index in [0.717, 1.165) is 6.42 Å². The second-order valence-corrected chi connectivity index (χ2v) is 6.15. The van der Waals surface area contributed by atoms with E-state index in [0.29, 0.717) is 16.3 Å². The minimum absolute atomic E-state index is 0.0858. The van der Waals surface area contributed by atoms with Crippen LogP contribution in [0.25, 0.3) is 10.9 Å². The number of benzene rings is 1. The minimum Gasteiger partial charge on any atom is -0.480 e. The van der Waals surface area contributed by atoms with Crippen molar-refractivity contribution in [3.63, 3.8) is 0 Å². The molecule has 9 heteroatoms. The quantitative estimate of drug-likeness (QED) is 0.741. The van der Waals surface area contributed by atoms with Gasteiger partial charge < -0.3 is 10.4 Å². The molecule has 1 heterocycles. The molecule has 0 bridgehead atoms. The van der Waals surface area contributed by atoms with Crippen LogP contribution in [0.1, 0.15) is 32.0 Å². The summed E-state index contributed by atoms with van der Waals surface area (Å²) in [5, 5.41) is 12.2. The molecule has 130 valence electrons. The molecule has 24 heavy (non-hydrogen) atoms. The number of aromatic nitrogens is 2. The third kappa shape index (κ3) is 4.34. The van der Waals surface area contributed by atoms with Crippen LogP contribution < -0.4 is 5.32 Å². The summed E-state index contributed by atoms with van der Waals surface area (Å²) in [5.74, 6) is -2.59. The van der Waals surface area contributed by atoms with Crippen molar-refractivity contribution in [3.05, 3.63) is 28.5 Å². The number of hydrogen-bond acceptors (Lipinski definition) is 4. The van der Waals surface area contributed by atoms with Crippen molar-refractivity contribution in [2.24, 2.45) is 0 Å². The number of aliphatic carboxylic acids is 1. The number of halogens is 4. The number of carboxylic acid groups (broad SMARTS) is 1. The van der Waals surface area contributed by atoms with Crippen LogP contribution in [0.15, 0.2) is 22.7 Å². The van der Waals surface area contributed by atoms with Gasteiger partial charge in [0.25, 0.3) is 0 Å². The Morgan fingerprint density at radius 1 is 1.38 bits per heavy atom. The second kappa shape index (κ2) is 7.33. The van der Waals surface area contributed by atoms with Crippen molar-refractivity contribution in [2.75, 3.05) is 5.32 Å². The molecule has 0 aliphatic carbocycles. The molecule has 0 aliphatic heterocycles. The maximum Gasteiger partial charge on any atom is 0.451 e. The van der Waals surface area contributed by atoms with E-state index >= 15 is 0 Å². The Bertz CT molecular complexity index is 753. The fourth-order valence-electron chi connectivity index (χ4n) is 2.17. The number of alkyl halides is 3. The third-order valence-electron chi connectivity index (χ3n) is 3.37. The van der Waals surface area contributed by atoms with E-state index in [1.54, 1.807) is 12.1 Å². The van der Waals surface area contributed by atoms with Crippen LogP contribution >= 0.6 is 15.9 Å². The molecule has 1 unspecified atom stereocenters. The Kier molecular flexibility index (Phi) is 5.63. The number of carbonyl (C=O) groups is 1. The van der Waals surface area contributed by atoms with Gasteiger partial charge in [-0.1, -0.05) is 35.7 Å². The number of unbranched alkanes of at least 4 members (excludes halogenated alkanes) is 1. The first-order chi connectivity index (χ1) is 11.2. The summed E-state index contributed by atoms with van der Waals surface area (Å²) in [6, 6.07) is 3.51. The second-order valence-electron chi connectivity index (χ2n) is 5.23. The van der Waals surface area contributed by atoms with Gasteiger partial charge >= 0.3 is 12.1 Å². The lowest BCUT2D eigenvalue weighted by atomic mass is 10.1. The highest BCUT2D eigenvalue weighted by Crippen LogP contribution is 2.32. The molecular weight excluding hydrogens is 391 g/mol. The van der Waals surface area contributed by atoms with Gasteiger partial charge in [-0.3, -0.25) is 0 Å². The van der Waals surface area contributed by atoms with Gasteiger partial charge in [0.2, 0.25) is 5.82 Å². The molecule has 1 atom stereocenters. The summed E-state index contributed by atoms with van der Waals surface area (Å²) >= 11 is 3.24. The zero-order chi connectivity index (χ0) is 17.9. The van der Waals surface area contributed by atoms with Crippen LogP contribution in [0, 0.1) is 0 Å². The zero-order valence-corrected chi connectivity index (χ0v) is 14.3. The molecule has 0 spiro atoms. The van der Waals surface area contributed by atoms with Crippen LogP contribution in [-0.2, 0) is 11.0 Å². The van der Waals surface area contributed by atoms with Gasteiger partial charge in [-0.2, -0.15) is 13.2 Å². The maximum absolute atomic E-state index is 13.0. The zero-order valence-electron chi connectivity index (χ0n) is 12.7. The molecule has 2 aromatic rings. The number of anilines is 1. The molecule has 2 N–H and O–H groups in total. The van der Waals surface area contributed by atoms with E-state index in [4.69, 9.17) is 0 Å². The normalized spacial score (nSPS) is 13.0. The maximum atomic E-state index is 13.0. The van der Waals surface area contributed by atoms with Crippen LogP contribution in [0.5, 0.6) is 0 Å². The first kappa shape index (κ1) is 18.4. The van der Waals surface area contributed by atoms with Gasteiger partial charge in [-0.05, 0) is 24.6 Å². The predicted octanol–water partition coefficient (Wildman–Crippen LogP) is 4.47. The molecule has 0 saturated heterocycles. The minimum atomic E-state index is -4.72. The molecule has 1 aromatic heterocycles.